The highest BCUT2D eigenvalue weighted by Crippen LogP contribution is 2.48. The molecule has 4 aliphatic rings. The Morgan fingerprint density at radius 2 is 1.94 bits per heavy atom. The average molecular weight is 706 g/mol. The zero-order valence-corrected chi connectivity index (χ0v) is 29.7. The SMILES string of the molecule is COC(=O)c1ccc2c(c1)N(C[C@@H]1CC[C@H]1[C@H](OC)C1=CC[C@H](CS(=O)(=O)c3ncccn3)CC1)C[C@@]1(CCCc3cc(Cl)ccc31)CO2. The molecule has 0 amide bonds. The molecule has 11 heteroatoms. The zero-order chi connectivity index (χ0) is 34.2. The lowest BCUT2D eigenvalue weighted by Crippen LogP contribution is -2.50. The van der Waals surface area contributed by atoms with Crippen molar-refractivity contribution in [2.75, 3.05) is 44.6 Å². The monoisotopic (exact) mass is 705 g/mol. The highest BCUT2D eigenvalue weighted by molar-refractivity contribution is 7.91. The smallest absolute Gasteiger partial charge is 0.337 e. The van der Waals surface area contributed by atoms with Gasteiger partial charge in [-0.15, -0.1) is 0 Å². The van der Waals surface area contributed by atoms with Crippen LogP contribution >= 0.6 is 11.6 Å². The molecule has 0 N–H and O–H groups in total. The highest BCUT2D eigenvalue weighted by atomic mass is 35.5. The highest BCUT2D eigenvalue weighted by Gasteiger charge is 2.45. The van der Waals surface area contributed by atoms with E-state index in [1.807, 2.05) is 18.2 Å². The Kier molecular flexibility index (Phi) is 9.74. The fraction of sp³-hybridized carbons (Fsp3) is 0.500. The predicted octanol–water partition coefficient (Wildman–Crippen LogP) is 6.63. The van der Waals surface area contributed by atoms with Gasteiger partial charge in [0.25, 0.3) is 0 Å². The number of rotatable bonds is 9. The summed E-state index contributed by atoms with van der Waals surface area (Å²) in [6.45, 7) is 2.13. The molecule has 0 bridgehead atoms. The first-order valence-electron chi connectivity index (χ1n) is 17.3. The lowest BCUT2D eigenvalue weighted by Gasteiger charge is -2.47. The van der Waals surface area contributed by atoms with Crippen LogP contribution in [0.15, 0.2) is 71.7 Å². The number of aromatic nitrogens is 2. The number of aryl methyl sites for hydroxylation is 1. The van der Waals surface area contributed by atoms with Gasteiger partial charge in [0.15, 0.2) is 0 Å². The number of sulfone groups is 1. The minimum atomic E-state index is -3.54. The van der Waals surface area contributed by atoms with Gasteiger partial charge in [0, 0.05) is 43.0 Å². The molecule has 1 spiro atoms. The van der Waals surface area contributed by atoms with Gasteiger partial charge >= 0.3 is 5.97 Å². The lowest BCUT2D eigenvalue weighted by molar-refractivity contribution is 0.00323. The van der Waals surface area contributed by atoms with Crippen LogP contribution in [-0.4, -0.2) is 70.1 Å². The molecule has 1 aromatic heterocycles. The summed E-state index contributed by atoms with van der Waals surface area (Å²) in [7, 11) is -0.343. The Morgan fingerprint density at radius 3 is 2.65 bits per heavy atom. The number of esters is 1. The fourth-order valence-electron chi connectivity index (χ4n) is 8.61. The van der Waals surface area contributed by atoms with Crippen LogP contribution in [0.25, 0.3) is 0 Å². The van der Waals surface area contributed by atoms with Crippen molar-refractivity contribution in [2.45, 2.75) is 68.0 Å². The molecule has 3 aromatic rings. The molecule has 2 aromatic carbocycles. The van der Waals surface area contributed by atoms with Crippen LogP contribution in [0.4, 0.5) is 5.69 Å². The van der Waals surface area contributed by atoms with Gasteiger partial charge in [-0.3, -0.25) is 0 Å². The van der Waals surface area contributed by atoms with Crippen molar-refractivity contribution in [2.24, 2.45) is 17.8 Å². The van der Waals surface area contributed by atoms with Crippen molar-refractivity contribution >= 4 is 33.1 Å². The first-order valence-corrected chi connectivity index (χ1v) is 19.3. The van der Waals surface area contributed by atoms with Crippen LogP contribution in [0.5, 0.6) is 5.75 Å². The summed E-state index contributed by atoms with van der Waals surface area (Å²) < 4.78 is 43.8. The van der Waals surface area contributed by atoms with E-state index in [2.05, 4.69) is 33.1 Å². The number of benzene rings is 2. The molecule has 260 valence electrons. The molecule has 3 aliphatic carbocycles. The Hall–Kier alpha value is -3.47. The molecule has 2 heterocycles. The average Bonchev–Trinajstić information content (AvgIpc) is 3.26. The van der Waals surface area contributed by atoms with Gasteiger partial charge in [-0.25, -0.2) is 23.2 Å². The normalized spacial score (nSPS) is 25.6. The van der Waals surface area contributed by atoms with Gasteiger partial charge in [0.05, 0.1) is 36.8 Å². The van der Waals surface area contributed by atoms with E-state index in [-0.39, 0.29) is 34.3 Å². The third-order valence-electron chi connectivity index (χ3n) is 11.2. The summed E-state index contributed by atoms with van der Waals surface area (Å²) in [5.74, 6) is 1.19. The summed E-state index contributed by atoms with van der Waals surface area (Å²) in [6, 6.07) is 13.5. The topological polar surface area (TPSA) is 108 Å². The first-order chi connectivity index (χ1) is 23.7. The van der Waals surface area contributed by atoms with Crippen LogP contribution < -0.4 is 9.64 Å². The fourth-order valence-corrected chi connectivity index (χ4v) is 10.3. The van der Waals surface area contributed by atoms with E-state index >= 15 is 0 Å². The van der Waals surface area contributed by atoms with Gasteiger partial charge in [0.2, 0.25) is 15.0 Å². The van der Waals surface area contributed by atoms with Crippen molar-refractivity contribution < 1.29 is 27.4 Å². The number of fused-ring (bicyclic) bond motifs is 3. The third-order valence-corrected chi connectivity index (χ3v) is 13.1. The van der Waals surface area contributed by atoms with Crippen LogP contribution in [0.3, 0.4) is 0 Å². The first kappa shape index (κ1) is 34.0. The van der Waals surface area contributed by atoms with E-state index in [1.54, 1.807) is 19.2 Å². The number of nitrogens with zero attached hydrogens (tertiary/aromatic N) is 3. The molecular formula is C38H44ClN3O6S. The summed E-state index contributed by atoms with van der Waals surface area (Å²) in [5, 5.41) is 0.657. The second-order valence-corrected chi connectivity index (χ2v) is 16.5. The summed E-state index contributed by atoms with van der Waals surface area (Å²) in [4.78, 5) is 23.0. The number of anilines is 1. The van der Waals surface area contributed by atoms with E-state index in [4.69, 9.17) is 25.8 Å². The third kappa shape index (κ3) is 6.84. The molecule has 1 fully saturated rings. The van der Waals surface area contributed by atoms with E-state index in [1.165, 1.54) is 36.2 Å². The van der Waals surface area contributed by atoms with Crippen LogP contribution in [-0.2, 0) is 31.1 Å². The number of carbonyl (C=O) groups is 1. The maximum absolute atomic E-state index is 12.9. The number of methoxy groups -OCH3 is 2. The number of hydrogen-bond donors (Lipinski definition) is 0. The van der Waals surface area contributed by atoms with Gasteiger partial charge in [-0.05, 0) is 122 Å². The molecule has 1 aliphatic heterocycles. The zero-order valence-electron chi connectivity index (χ0n) is 28.1. The van der Waals surface area contributed by atoms with E-state index in [9.17, 15) is 13.2 Å². The Balaban J connectivity index is 1.12. The minimum absolute atomic E-state index is 0.0225. The minimum Gasteiger partial charge on any atom is -0.490 e. The number of hydrogen-bond acceptors (Lipinski definition) is 9. The number of ether oxygens (including phenoxy) is 3. The largest absolute Gasteiger partial charge is 0.490 e. The van der Waals surface area contributed by atoms with Gasteiger partial charge in [-0.2, -0.15) is 0 Å². The predicted molar refractivity (Wildman–Crippen MR) is 188 cm³/mol. The molecular weight excluding hydrogens is 662 g/mol. The maximum Gasteiger partial charge on any atom is 0.337 e. The Bertz CT molecular complexity index is 1840. The Morgan fingerprint density at radius 1 is 1.10 bits per heavy atom. The second kappa shape index (κ2) is 14.0. The molecule has 5 atom stereocenters. The van der Waals surface area contributed by atoms with E-state index in [0.717, 1.165) is 74.5 Å². The second-order valence-electron chi connectivity index (χ2n) is 14.2. The standard InChI is InChI=1S/C38H44ClN3O6S/c1-46-35(26-8-6-25(7-9-26)22-49(44,45)37-40-17-4-18-41-37)31-13-10-29(31)21-42-23-38(16-3-5-27-19-30(39)12-14-32(27)38)24-48-34-15-11-28(20-33(34)42)36(43)47-2/h4,8,11-12,14-15,17-20,25,29,31,35H,3,5-7,9-10,13,16,21-24H2,1-2H3/t25-,29-,31+,35+,38-/m0/s1. The molecule has 7 rings (SSSR count). The molecule has 0 unspecified atom stereocenters. The van der Waals surface area contributed by atoms with Crippen molar-refractivity contribution in [3.8, 4) is 5.75 Å². The van der Waals surface area contributed by atoms with Crippen LogP contribution in [0.1, 0.15) is 66.4 Å². The quantitative estimate of drug-likeness (QED) is 0.138. The summed E-state index contributed by atoms with van der Waals surface area (Å²) in [6.07, 6.45) is 12.6. The molecule has 49 heavy (non-hydrogen) atoms. The van der Waals surface area contributed by atoms with Crippen molar-refractivity contribution in [3.63, 3.8) is 0 Å². The van der Waals surface area contributed by atoms with Crippen molar-refractivity contribution in [1.82, 2.24) is 9.97 Å². The summed E-state index contributed by atoms with van der Waals surface area (Å²) >= 11 is 6.45. The molecule has 0 saturated heterocycles. The van der Waals surface area contributed by atoms with Crippen molar-refractivity contribution in [1.29, 1.82) is 0 Å². The maximum atomic E-state index is 12.9. The van der Waals surface area contributed by atoms with E-state index < -0.39 is 9.84 Å². The lowest BCUT2D eigenvalue weighted by atomic mass is 9.66. The molecule has 1 saturated carbocycles. The van der Waals surface area contributed by atoms with Crippen LogP contribution in [0, 0.1) is 17.8 Å². The van der Waals surface area contributed by atoms with Gasteiger partial charge in [0.1, 0.15) is 5.75 Å². The number of carbonyl (C=O) groups excluding carboxylic acids is 1. The van der Waals surface area contributed by atoms with Gasteiger partial charge < -0.3 is 19.1 Å². The van der Waals surface area contributed by atoms with E-state index in [0.29, 0.717) is 30.4 Å². The van der Waals surface area contributed by atoms with Gasteiger partial charge in [-0.1, -0.05) is 23.7 Å². The number of allylic oxidation sites excluding steroid dienone is 1. The summed E-state index contributed by atoms with van der Waals surface area (Å²) in [5.41, 5.74) is 5.07. The molecule has 9 nitrogen and oxygen atoms in total. The Labute approximate surface area is 293 Å². The van der Waals surface area contributed by atoms with Crippen LogP contribution in [0.2, 0.25) is 5.02 Å². The number of halogens is 1. The molecule has 0 radical (unpaired) electrons. The van der Waals surface area contributed by atoms with Crippen molar-refractivity contribution in [3.05, 3.63) is 88.2 Å².